The van der Waals surface area contributed by atoms with Crippen LogP contribution in [0.3, 0.4) is 0 Å². The van der Waals surface area contributed by atoms with Crippen molar-refractivity contribution < 1.29 is 0 Å². The second-order valence-electron chi connectivity index (χ2n) is 4.56. The van der Waals surface area contributed by atoms with Gasteiger partial charge in [0.05, 0.1) is 5.39 Å². The van der Waals surface area contributed by atoms with Gasteiger partial charge in [-0.2, -0.15) is 0 Å². The zero-order chi connectivity index (χ0) is 11.1. The Balaban J connectivity index is 2.20. The predicted octanol–water partition coefficient (Wildman–Crippen LogP) is 3.00. The minimum absolute atomic E-state index is 0.412. The lowest BCUT2D eigenvalue weighted by atomic mass is 10.2. The minimum Gasteiger partial charge on any atom is -0.367 e. The quantitative estimate of drug-likeness (QED) is 0.866. The van der Waals surface area contributed by atoms with Gasteiger partial charge >= 0.3 is 0 Å². The molecule has 4 heteroatoms. The van der Waals surface area contributed by atoms with Gasteiger partial charge < -0.3 is 5.32 Å². The summed E-state index contributed by atoms with van der Waals surface area (Å²) < 4.78 is 0. The summed E-state index contributed by atoms with van der Waals surface area (Å²) in [5.74, 6) is 1.01. The number of aromatic nitrogens is 2. The van der Waals surface area contributed by atoms with Gasteiger partial charge in [0.2, 0.25) is 0 Å². The highest BCUT2D eigenvalue weighted by Gasteiger charge is 2.21. The van der Waals surface area contributed by atoms with Crippen molar-refractivity contribution >= 4 is 27.4 Å². The minimum atomic E-state index is 0.412. The lowest BCUT2D eigenvalue weighted by molar-refractivity contribution is 0.889. The zero-order valence-corrected chi connectivity index (χ0v) is 10.4. The van der Waals surface area contributed by atoms with Crippen LogP contribution in [0.15, 0.2) is 6.33 Å². The number of nitrogens with one attached hydrogen (secondary N) is 1. The molecule has 0 unspecified atom stereocenters. The molecule has 0 spiro atoms. The van der Waals surface area contributed by atoms with Gasteiger partial charge in [0.1, 0.15) is 17.0 Å². The van der Waals surface area contributed by atoms with Crippen molar-refractivity contribution in [2.75, 3.05) is 5.32 Å². The molecule has 84 valence electrons. The molecule has 0 bridgehead atoms. The van der Waals surface area contributed by atoms with Crippen LogP contribution in [0.2, 0.25) is 0 Å². The van der Waals surface area contributed by atoms with Gasteiger partial charge in [-0.15, -0.1) is 11.3 Å². The molecule has 0 aromatic carbocycles. The van der Waals surface area contributed by atoms with Gasteiger partial charge in [0.25, 0.3) is 0 Å². The largest absolute Gasteiger partial charge is 0.367 e. The van der Waals surface area contributed by atoms with Crippen molar-refractivity contribution in [2.45, 2.75) is 39.2 Å². The Morgan fingerprint density at radius 3 is 3.00 bits per heavy atom. The topological polar surface area (TPSA) is 37.8 Å². The normalized spacial score (nSPS) is 14.7. The number of anilines is 1. The van der Waals surface area contributed by atoms with Crippen LogP contribution in [0.5, 0.6) is 0 Å². The molecule has 0 saturated heterocycles. The van der Waals surface area contributed by atoms with Gasteiger partial charge in [-0.25, -0.2) is 9.97 Å². The van der Waals surface area contributed by atoms with Crippen molar-refractivity contribution in [2.24, 2.45) is 0 Å². The number of rotatable bonds is 2. The Hall–Kier alpha value is -1.16. The molecule has 2 aromatic rings. The molecule has 3 rings (SSSR count). The lowest BCUT2D eigenvalue weighted by Gasteiger charge is -2.10. The third kappa shape index (κ3) is 1.48. The van der Waals surface area contributed by atoms with E-state index in [9.17, 15) is 0 Å². The van der Waals surface area contributed by atoms with Gasteiger partial charge in [-0.3, -0.25) is 0 Å². The average molecular weight is 233 g/mol. The van der Waals surface area contributed by atoms with Crippen LogP contribution in [-0.2, 0) is 12.8 Å². The monoisotopic (exact) mass is 233 g/mol. The highest BCUT2D eigenvalue weighted by atomic mass is 32.1. The van der Waals surface area contributed by atoms with E-state index in [1.807, 2.05) is 11.3 Å². The third-order valence-corrected chi connectivity index (χ3v) is 4.13. The van der Waals surface area contributed by atoms with E-state index in [1.54, 1.807) is 6.33 Å². The smallest absolute Gasteiger partial charge is 0.138 e. The fraction of sp³-hybridized carbons (Fsp3) is 0.500. The highest BCUT2D eigenvalue weighted by molar-refractivity contribution is 7.19. The van der Waals surface area contributed by atoms with Crippen LogP contribution in [0.25, 0.3) is 10.2 Å². The van der Waals surface area contributed by atoms with E-state index in [4.69, 9.17) is 0 Å². The standard InChI is InChI=1S/C12H15N3S/c1-7(2)15-11-10-8-4-3-5-9(8)16-12(10)14-6-13-11/h6-7H,3-5H2,1-2H3,(H,13,14,15). The summed E-state index contributed by atoms with van der Waals surface area (Å²) in [6, 6.07) is 0.412. The van der Waals surface area contributed by atoms with E-state index in [1.165, 1.54) is 35.1 Å². The van der Waals surface area contributed by atoms with E-state index < -0.39 is 0 Å². The predicted molar refractivity (Wildman–Crippen MR) is 68.2 cm³/mol. The molecule has 0 atom stereocenters. The molecule has 0 saturated carbocycles. The number of fused-ring (bicyclic) bond motifs is 3. The van der Waals surface area contributed by atoms with Crippen LogP contribution in [0, 0.1) is 0 Å². The Morgan fingerprint density at radius 1 is 1.31 bits per heavy atom. The SMILES string of the molecule is CC(C)Nc1ncnc2sc3c(c12)CCC3. The molecule has 0 fully saturated rings. The highest BCUT2D eigenvalue weighted by Crippen LogP contribution is 2.39. The molecule has 2 aromatic heterocycles. The average Bonchev–Trinajstić information content (AvgIpc) is 2.75. The first-order valence-corrected chi connectivity index (χ1v) is 6.59. The Morgan fingerprint density at radius 2 is 2.19 bits per heavy atom. The summed E-state index contributed by atoms with van der Waals surface area (Å²) in [5.41, 5.74) is 1.49. The summed E-state index contributed by atoms with van der Waals surface area (Å²) in [7, 11) is 0. The first kappa shape index (κ1) is 10.0. The van der Waals surface area contributed by atoms with E-state index in [2.05, 4.69) is 29.1 Å². The van der Waals surface area contributed by atoms with Crippen LogP contribution in [0.1, 0.15) is 30.7 Å². The molecule has 1 aliphatic carbocycles. The molecule has 2 heterocycles. The lowest BCUT2D eigenvalue weighted by Crippen LogP contribution is -2.11. The Labute approximate surface area is 98.9 Å². The maximum Gasteiger partial charge on any atom is 0.138 e. The van der Waals surface area contributed by atoms with Gasteiger partial charge in [-0.1, -0.05) is 0 Å². The summed E-state index contributed by atoms with van der Waals surface area (Å²) in [5, 5.41) is 4.69. The second kappa shape index (κ2) is 3.70. The maximum absolute atomic E-state index is 4.38. The third-order valence-electron chi connectivity index (χ3n) is 2.93. The molecule has 1 N–H and O–H groups in total. The molecule has 16 heavy (non-hydrogen) atoms. The molecule has 1 aliphatic rings. The molecular formula is C12H15N3S. The summed E-state index contributed by atoms with van der Waals surface area (Å²) >= 11 is 1.84. The molecule has 0 amide bonds. The van der Waals surface area contributed by atoms with Crippen LogP contribution >= 0.6 is 11.3 Å². The fourth-order valence-corrected chi connectivity index (χ4v) is 3.54. The molecule has 3 nitrogen and oxygen atoms in total. The Kier molecular flexibility index (Phi) is 2.32. The van der Waals surface area contributed by atoms with E-state index in [-0.39, 0.29) is 0 Å². The van der Waals surface area contributed by atoms with Crippen molar-refractivity contribution in [1.82, 2.24) is 9.97 Å². The van der Waals surface area contributed by atoms with Gasteiger partial charge in [0, 0.05) is 10.9 Å². The number of hydrogen-bond acceptors (Lipinski definition) is 4. The molecular weight excluding hydrogens is 218 g/mol. The van der Waals surface area contributed by atoms with Crippen molar-refractivity contribution in [3.63, 3.8) is 0 Å². The van der Waals surface area contributed by atoms with Crippen LogP contribution < -0.4 is 5.32 Å². The van der Waals surface area contributed by atoms with Crippen LogP contribution in [-0.4, -0.2) is 16.0 Å². The van der Waals surface area contributed by atoms with E-state index in [0.29, 0.717) is 6.04 Å². The number of nitrogens with zero attached hydrogens (tertiary/aromatic N) is 2. The fourth-order valence-electron chi connectivity index (χ4n) is 2.31. The second-order valence-corrected chi connectivity index (χ2v) is 5.64. The first-order valence-electron chi connectivity index (χ1n) is 5.77. The van der Waals surface area contributed by atoms with E-state index >= 15 is 0 Å². The van der Waals surface area contributed by atoms with Crippen molar-refractivity contribution in [1.29, 1.82) is 0 Å². The first-order chi connectivity index (χ1) is 7.75. The number of hydrogen-bond donors (Lipinski definition) is 1. The Bertz CT molecular complexity index is 530. The summed E-state index contributed by atoms with van der Waals surface area (Å²) in [4.78, 5) is 11.4. The number of aryl methyl sites for hydroxylation is 2. The maximum atomic E-state index is 4.38. The number of thiophene rings is 1. The van der Waals surface area contributed by atoms with E-state index in [0.717, 1.165) is 10.6 Å². The van der Waals surface area contributed by atoms with Crippen molar-refractivity contribution in [3.05, 3.63) is 16.8 Å². The van der Waals surface area contributed by atoms with Gasteiger partial charge in [-0.05, 0) is 38.7 Å². The molecule has 0 radical (unpaired) electrons. The van der Waals surface area contributed by atoms with Crippen LogP contribution in [0.4, 0.5) is 5.82 Å². The zero-order valence-electron chi connectivity index (χ0n) is 9.58. The van der Waals surface area contributed by atoms with Crippen molar-refractivity contribution in [3.8, 4) is 0 Å². The summed E-state index contributed by atoms with van der Waals surface area (Å²) in [6.07, 6.45) is 5.36. The summed E-state index contributed by atoms with van der Waals surface area (Å²) in [6.45, 7) is 4.28. The molecule has 0 aliphatic heterocycles. The van der Waals surface area contributed by atoms with Gasteiger partial charge in [0.15, 0.2) is 0 Å².